The first-order valence-corrected chi connectivity index (χ1v) is 5.90. The van der Waals surface area contributed by atoms with E-state index in [1.165, 1.54) is 0 Å². The number of anilines is 1. The number of nitrogens with one attached hydrogen (secondary N) is 1. The Bertz CT molecular complexity index is 295. The molecule has 0 radical (unpaired) electrons. The van der Waals surface area contributed by atoms with Gasteiger partial charge in [-0.05, 0) is 43.9 Å². The van der Waals surface area contributed by atoms with Crippen molar-refractivity contribution in [1.29, 1.82) is 0 Å². The van der Waals surface area contributed by atoms with Gasteiger partial charge in [-0.2, -0.15) is 5.10 Å². The van der Waals surface area contributed by atoms with Crippen LogP contribution in [0.25, 0.3) is 0 Å². The number of rotatable bonds is 6. The molecule has 0 fully saturated rings. The van der Waals surface area contributed by atoms with E-state index < -0.39 is 0 Å². The topological polar surface area (TPSA) is 63.8 Å². The Kier molecular flexibility index (Phi) is 4.68. The molecule has 0 bridgehead atoms. The summed E-state index contributed by atoms with van der Waals surface area (Å²) in [5, 5.41) is 11.4. The molecule has 1 aromatic heterocycles. The molecule has 0 saturated heterocycles. The van der Waals surface area contributed by atoms with Gasteiger partial charge in [0.25, 0.3) is 0 Å². The molecule has 16 heavy (non-hydrogen) atoms. The highest BCUT2D eigenvalue weighted by Crippen LogP contribution is 2.24. The molecule has 0 unspecified atom stereocenters. The molecule has 90 valence electrons. The first-order valence-electron chi connectivity index (χ1n) is 5.90. The van der Waals surface area contributed by atoms with Crippen LogP contribution in [0.4, 0.5) is 5.82 Å². The molecular weight excluding hydrogens is 200 g/mol. The van der Waals surface area contributed by atoms with E-state index in [2.05, 4.69) is 29.4 Å². The second-order valence-electron chi connectivity index (χ2n) is 4.32. The molecule has 4 heteroatoms. The van der Waals surface area contributed by atoms with Crippen LogP contribution in [-0.4, -0.2) is 23.3 Å². The molecule has 0 amide bonds. The lowest BCUT2D eigenvalue weighted by atomic mass is 9.82. The van der Waals surface area contributed by atoms with Crippen LogP contribution in [0.2, 0.25) is 0 Å². The molecule has 1 heterocycles. The van der Waals surface area contributed by atoms with Crippen LogP contribution in [-0.2, 0) is 0 Å². The average Bonchev–Trinajstić information content (AvgIpc) is 2.34. The minimum absolute atomic E-state index is 0.173. The lowest BCUT2D eigenvalue weighted by Gasteiger charge is -2.30. The Morgan fingerprint density at radius 2 is 1.94 bits per heavy atom. The van der Waals surface area contributed by atoms with E-state index in [0.29, 0.717) is 6.54 Å². The zero-order valence-corrected chi connectivity index (χ0v) is 10.5. The van der Waals surface area contributed by atoms with Gasteiger partial charge in [0.05, 0.1) is 5.69 Å². The summed E-state index contributed by atoms with van der Waals surface area (Å²) in [6.07, 6.45) is 2.15. The van der Waals surface area contributed by atoms with Gasteiger partial charge < -0.3 is 11.1 Å². The molecule has 3 N–H and O–H groups in total. The highest BCUT2D eigenvalue weighted by Gasteiger charge is 2.23. The molecule has 1 rings (SSSR count). The maximum absolute atomic E-state index is 5.84. The van der Waals surface area contributed by atoms with Crippen molar-refractivity contribution >= 4 is 5.82 Å². The summed E-state index contributed by atoms with van der Waals surface area (Å²) >= 11 is 0. The van der Waals surface area contributed by atoms with Crippen molar-refractivity contribution in [2.45, 2.75) is 33.6 Å². The monoisotopic (exact) mass is 222 g/mol. The van der Waals surface area contributed by atoms with Crippen molar-refractivity contribution in [1.82, 2.24) is 10.2 Å². The number of aromatic nitrogens is 2. The third-order valence-electron chi connectivity index (χ3n) is 3.38. The van der Waals surface area contributed by atoms with E-state index in [-0.39, 0.29) is 5.41 Å². The van der Waals surface area contributed by atoms with Crippen molar-refractivity contribution in [2.24, 2.45) is 11.1 Å². The van der Waals surface area contributed by atoms with Gasteiger partial charge in [0, 0.05) is 6.54 Å². The summed E-state index contributed by atoms with van der Waals surface area (Å²) in [5.74, 6) is 0.824. The lowest BCUT2D eigenvalue weighted by Crippen LogP contribution is -2.36. The first-order chi connectivity index (χ1) is 7.65. The van der Waals surface area contributed by atoms with Crippen LogP contribution in [0.5, 0.6) is 0 Å². The van der Waals surface area contributed by atoms with Crippen LogP contribution < -0.4 is 11.1 Å². The lowest BCUT2D eigenvalue weighted by molar-refractivity contribution is 0.294. The number of nitrogens with zero attached hydrogens (tertiary/aromatic N) is 2. The number of aryl methyl sites for hydroxylation is 1. The zero-order chi connectivity index (χ0) is 12.0. The van der Waals surface area contributed by atoms with Crippen molar-refractivity contribution in [3.05, 3.63) is 17.8 Å². The molecule has 0 spiro atoms. The Morgan fingerprint density at radius 3 is 2.38 bits per heavy atom. The molecule has 0 aliphatic carbocycles. The van der Waals surface area contributed by atoms with Gasteiger partial charge in [0.2, 0.25) is 0 Å². The SMILES string of the molecule is CCC(CC)(CN)CNc1ccc(C)nn1. The fraction of sp³-hybridized carbons (Fsp3) is 0.667. The summed E-state index contributed by atoms with van der Waals surface area (Å²) < 4.78 is 0. The molecule has 4 nitrogen and oxygen atoms in total. The standard InChI is InChI=1S/C12H22N4/c1-4-12(5-2,8-13)9-14-11-7-6-10(3)15-16-11/h6-7H,4-5,8-9,13H2,1-3H3,(H,14,16). The number of hydrogen-bond acceptors (Lipinski definition) is 4. The minimum atomic E-state index is 0.173. The molecule has 1 aromatic rings. The van der Waals surface area contributed by atoms with Gasteiger partial charge in [-0.1, -0.05) is 13.8 Å². The molecule has 0 aliphatic heterocycles. The van der Waals surface area contributed by atoms with E-state index >= 15 is 0 Å². The number of hydrogen-bond donors (Lipinski definition) is 2. The highest BCUT2D eigenvalue weighted by molar-refractivity contribution is 5.33. The fourth-order valence-corrected chi connectivity index (χ4v) is 1.63. The molecule has 0 atom stereocenters. The summed E-state index contributed by atoms with van der Waals surface area (Å²) in [5.41, 5.74) is 6.95. The maximum atomic E-state index is 5.84. The molecule has 0 aliphatic rings. The third kappa shape index (κ3) is 3.17. The van der Waals surface area contributed by atoms with E-state index in [4.69, 9.17) is 5.73 Å². The van der Waals surface area contributed by atoms with E-state index in [0.717, 1.165) is 30.9 Å². The Morgan fingerprint density at radius 1 is 1.25 bits per heavy atom. The molecule has 0 saturated carbocycles. The quantitative estimate of drug-likeness (QED) is 0.772. The van der Waals surface area contributed by atoms with Gasteiger partial charge in [-0.3, -0.25) is 0 Å². The largest absolute Gasteiger partial charge is 0.368 e. The van der Waals surface area contributed by atoms with Gasteiger partial charge in [0.1, 0.15) is 5.82 Å². The summed E-state index contributed by atoms with van der Waals surface area (Å²) in [6, 6.07) is 3.91. The van der Waals surface area contributed by atoms with Crippen molar-refractivity contribution in [3.8, 4) is 0 Å². The predicted octanol–water partition coefficient (Wildman–Crippen LogP) is 1.96. The smallest absolute Gasteiger partial charge is 0.148 e. The zero-order valence-electron chi connectivity index (χ0n) is 10.5. The van der Waals surface area contributed by atoms with Crippen LogP contribution in [0, 0.1) is 12.3 Å². The summed E-state index contributed by atoms with van der Waals surface area (Å²) in [6.45, 7) is 7.84. The molecule has 0 aromatic carbocycles. The van der Waals surface area contributed by atoms with E-state index in [1.807, 2.05) is 19.1 Å². The summed E-state index contributed by atoms with van der Waals surface area (Å²) in [7, 11) is 0. The second-order valence-corrected chi connectivity index (χ2v) is 4.32. The Labute approximate surface area is 97.6 Å². The van der Waals surface area contributed by atoms with Crippen molar-refractivity contribution in [2.75, 3.05) is 18.4 Å². The van der Waals surface area contributed by atoms with Crippen LogP contribution in [0.1, 0.15) is 32.4 Å². The first kappa shape index (κ1) is 12.9. The minimum Gasteiger partial charge on any atom is -0.368 e. The number of nitrogens with two attached hydrogens (primary N) is 1. The highest BCUT2D eigenvalue weighted by atomic mass is 15.2. The van der Waals surface area contributed by atoms with Gasteiger partial charge in [-0.25, -0.2) is 0 Å². The maximum Gasteiger partial charge on any atom is 0.148 e. The van der Waals surface area contributed by atoms with E-state index in [9.17, 15) is 0 Å². The van der Waals surface area contributed by atoms with Crippen molar-refractivity contribution in [3.63, 3.8) is 0 Å². The van der Waals surface area contributed by atoms with Crippen LogP contribution in [0.3, 0.4) is 0 Å². The fourth-order valence-electron chi connectivity index (χ4n) is 1.63. The van der Waals surface area contributed by atoms with Gasteiger partial charge in [0.15, 0.2) is 0 Å². The Balaban J connectivity index is 2.58. The van der Waals surface area contributed by atoms with Crippen LogP contribution >= 0.6 is 0 Å². The molecular formula is C12H22N4. The average molecular weight is 222 g/mol. The Hall–Kier alpha value is -1.16. The van der Waals surface area contributed by atoms with Crippen LogP contribution in [0.15, 0.2) is 12.1 Å². The second kappa shape index (κ2) is 5.80. The predicted molar refractivity (Wildman–Crippen MR) is 67.3 cm³/mol. The third-order valence-corrected chi connectivity index (χ3v) is 3.38. The normalized spacial score (nSPS) is 11.5. The summed E-state index contributed by atoms with van der Waals surface area (Å²) in [4.78, 5) is 0. The van der Waals surface area contributed by atoms with Gasteiger partial charge in [-0.15, -0.1) is 5.10 Å². The van der Waals surface area contributed by atoms with Gasteiger partial charge >= 0.3 is 0 Å². The van der Waals surface area contributed by atoms with Crippen molar-refractivity contribution < 1.29 is 0 Å². The van der Waals surface area contributed by atoms with E-state index in [1.54, 1.807) is 0 Å².